The van der Waals surface area contributed by atoms with Crippen molar-refractivity contribution in [2.75, 3.05) is 40.4 Å². The molecule has 106 valence electrons. The van der Waals surface area contributed by atoms with Gasteiger partial charge in [0, 0.05) is 20.8 Å². The van der Waals surface area contributed by atoms with E-state index in [1.54, 1.807) is 0 Å². The Labute approximate surface area is 111 Å². The maximum atomic E-state index is 5.60. The minimum atomic E-state index is 0.283. The van der Waals surface area contributed by atoms with Crippen LogP contribution in [0.1, 0.15) is 25.7 Å². The molecule has 1 saturated heterocycles. The average Bonchev–Trinajstić information content (AvgIpc) is 2.43. The fourth-order valence-corrected chi connectivity index (χ4v) is 3.65. The largest absolute Gasteiger partial charge is 0.379 e. The van der Waals surface area contributed by atoms with E-state index in [-0.39, 0.29) is 6.10 Å². The van der Waals surface area contributed by atoms with Crippen LogP contribution in [0.25, 0.3) is 0 Å². The van der Waals surface area contributed by atoms with E-state index in [2.05, 4.69) is 4.90 Å². The lowest BCUT2D eigenvalue weighted by Crippen LogP contribution is -2.49. The number of ether oxygens (including phenoxy) is 2. The SMILES string of the molecule is COC1CC2CCN(CCCN)CC2CC1OC. The lowest BCUT2D eigenvalue weighted by Gasteiger charge is -2.46. The van der Waals surface area contributed by atoms with Crippen molar-refractivity contribution in [3.8, 4) is 0 Å². The van der Waals surface area contributed by atoms with Gasteiger partial charge in [-0.15, -0.1) is 0 Å². The fourth-order valence-electron chi connectivity index (χ4n) is 3.65. The third-order valence-corrected chi connectivity index (χ3v) is 4.74. The van der Waals surface area contributed by atoms with Gasteiger partial charge in [0.05, 0.1) is 12.2 Å². The second kappa shape index (κ2) is 6.85. The number of hydrogen-bond donors (Lipinski definition) is 1. The molecular weight excluding hydrogens is 228 g/mol. The van der Waals surface area contributed by atoms with E-state index in [1.807, 2.05) is 14.2 Å². The summed E-state index contributed by atoms with van der Waals surface area (Å²) in [6.07, 6.45) is 5.33. The zero-order valence-electron chi connectivity index (χ0n) is 11.8. The summed E-state index contributed by atoms with van der Waals surface area (Å²) >= 11 is 0. The van der Waals surface area contributed by atoms with Crippen molar-refractivity contribution in [1.82, 2.24) is 4.90 Å². The van der Waals surface area contributed by atoms with Crippen molar-refractivity contribution in [2.24, 2.45) is 17.6 Å². The van der Waals surface area contributed by atoms with E-state index in [4.69, 9.17) is 15.2 Å². The van der Waals surface area contributed by atoms with Crippen LogP contribution in [0.5, 0.6) is 0 Å². The highest BCUT2D eigenvalue weighted by molar-refractivity contribution is 4.91. The fraction of sp³-hybridized carbons (Fsp3) is 1.00. The monoisotopic (exact) mass is 256 g/mol. The highest BCUT2D eigenvalue weighted by Gasteiger charge is 2.39. The van der Waals surface area contributed by atoms with E-state index in [0.29, 0.717) is 6.10 Å². The molecule has 2 fully saturated rings. The van der Waals surface area contributed by atoms with Crippen LogP contribution < -0.4 is 5.73 Å². The molecule has 4 nitrogen and oxygen atoms in total. The van der Waals surface area contributed by atoms with Gasteiger partial charge >= 0.3 is 0 Å². The highest BCUT2D eigenvalue weighted by Crippen LogP contribution is 2.38. The second-order valence-corrected chi connectivity index (χ2v) is 5.77. The number of fused-ring (bicyclic) bond motifs is 1. The number of hydrogen-bond acceptors (Lipinski definition) is 4. The number of nitrogens with two attached hydrogens (primary N) is 1. The first-order valence-electron chi connectivity index (χ1n) is 7.26. The molecular formula is C14H28N2O2. The third-order valence-electron chi connectivity index (χ3n) is 4.74. The molecule has 1 heterocycles. The van der Waals surface area contributed by atoms with Crippen LogP contribution in [-0.2, 0) is 9.47 Å². The van der Waals surface area contributed by atoms with Crippen molar-refractivity contribution in [3.63, 3.8) is 0 Å². The Morgan fingerprint density at radius 3 is 2.39 bits per heavy atom. The molecule has 2 N–H and O–H groups in total. The van der Waals surface area contributed by atoms with Crippen LogP contribution in [0.3, 0.4) is 0 Å². The first-order chi connectivity index (χ1) is 8.78. The van der Waals surface area contributed by atoms with Gasteiger partial charge < -0.3 is 20.1 Å². The van der Waals surface area contributed by atoms with Crippen molar-refractivity contribution in [2.45, 2.75) is 37.9 Å². The summed E-state index contributed by atoms with van der Waals surface area (Å²) < 4.78 is 11.2. The Morgan fingerprint density at radius 1 is 1.11 bits per heavy atom. The normalized spacial score (nSPS) is 37.5. The van der Waals surface area contributed by atoms with Crippen molar-refractivity contribution < 1.29 is 9.47 Å². The number of methoxy groups -OCH3 is 2. The van der Waals surface area contributed by atoms with Gasteiger partial charge in [0.15, 0.2) is 0 Å². The topological polar surface area (TPSA) is 47.7 Å². The number of nitrogens with zero attached hydrogens (tertiary/aromatic N) is 1. The van der Waals surface area contributed by atoms with E-state index < -0.39 is 0 Å². The summed E-state index contributed by atoms with van der Waals surface area (Å²) in [6, 6.07) is 0. The summed E-state index contributed by atoms with van der Waals surface area (Å²) in [7, 11) is 3.62. The Kier molecular flexibility index (Phi) is 5.42. The van der Waals surface area contributed by atoms with Crippen LogP contribution in [0.2, 0.25) is 0 Å². The molecule has 2 rings (SSSR count). The zero-order chi connectivity index (χ0) is 13.0. The van der Waals surface area contributed by atoms with E-state index >= 15 is 0 Å². The van der Waals surface area contributed by atoms with Gasteiger partial charge in [-0.3, -0.25) is 0 Å². The first-order valence-corrected chi connectivity index (χ1v) is 7.26. The maximum absolute atomic E-state index is 5.60. The van der Waals surface area contributed by atoms with Crippen LogP contribution in [0.15, 0.2) is 0 Å². The Balaban J connectivity index is 1.88. The van der Waals surface area contributed by atoms with Gasteiger partial charge in [-0.05, 0) is 57.2 Å². The van der Waals surface area contributed by atoms with Gasteiger partial charge in [-0.2, -0.15) is 0 Å². The van der Waals surface area contributed by atoms with Crippen molar-refractivity contribution in [3.05, 3.63) is 0 Å². The molecule has 1 aliphatic carbocycles. The van der Waals surface area contributed by atoms with Crippen molar-refractivity contribution >= 4 is 0 Å². The molecule has 0 radical (unpaired) electrons. The van der Waals surface area contributed by atoms with Gasteiger partial charge in [-0.25, -0.2) is 0 Å². The molecule has 4 unspecified atom stereocenters. The zero-order valence-corrected chi connectivity index (χ0v) is 11.8. The Bertz CT molecular complexity index is 250. The molecule has 1 saturated carbocycles. The van der Waals surface area contributed by atoms with Crippen LogP contribution in [0, 0.1) is 11.8 Å². The smallest absolute Gasteiger partial charge is 0.0836 e. The highest BCUT2D eigenvalue weighted by atomic mass is 16.5. The van der Waals surface area contributed by atoms with Gasteiger partial charge in [0.2, 0.25) is 0 Å². The predicted octanol–water partition coefficient (Wildman–Crippen LogP) is 1.10. The van der Waals surface area contributed by atoms with E-state index in [9.17, 15) is 0 Å². The molecule has 1 aliphatic heterocycles. The third kappa shape index (κ3) is 3.23. The summed E-state index contributed by atoms with van der Waals surface area (Å²) in [6.45, 7) is 4.42. The van der Waals surface area contributed by atoms with Gasteiger partial charge in [-0.1, -0.05) is 0 Å². The van der Waals surface area contributed by atoms with Crippen molar-refractivity contribution in [1.29, 1.82) is 0 Å². The predicted molar refractivity (Wildman–Crippen MR) is 72.5 cm³/mol. The molecule has 0 amide bonds. The molecule has 2 aliphatic rings. The van der Waals surface area contributed by atoms with E-state index in [1.165, 1.54) is 25.9 Å². The van der Waals surface area contributed by atoms with Crippen LogP contribution >= 0.6 is 0 Å². The summed E-state index contributed by atoms with van der Waals surface area (Å²) in [5, 5.41) is 0. The Morgan fingerprint density at radius 2 is 1.78 bits per heavy atom. The quantitative estimate of drug-likeness (QED) is 0.800. The summed E-state index contributed by atoms with van der Waals surface area (Å²) in [5.74, 6) is 1.61. The van der Waals surface area contributed by atoms with Gasteiger partial charge in [0.1, 0.15) is 0 Å². The number of piperidine rings is 1. The number of rotatable bonds is 5. The van der Waals surface area contributed by atoms with Gasteiger partial charge in [0.25, 0.3) is 0 Å². The number of likely N-dealkylation sites (tertiary alicyclic amines) is 1. The Hall–Kier alpha value is -0.160. The second-order valence-electron chi connectivity index (χ2n) is 5.77. The maximum Gasteiger partial charge on any atom is 0.0836 e. The van der Waals surface area contributed by atoms with Crippen LogP contribution in [-0.4, -0.2) is 57.5 Å². The molecule has 4 atom stereocenters. The molecule has 0 aromatic heterocycles. The lowest BCUT2D eigenvalue weighted by atomic mass is 9.72. The molecule has 0 aromatic rings. The molecule has 0 aromatic carbocycles. The average molecular weight is 256 g/mol. The minimum absolute atomic E-state index is 0.283. The molecule has 0 spiro atoms. The molecule has 4 heteroatoms. The minimum Gasteiger partial charge on any atom is -0.379 e. The first kappa shape index (κ1) is 14.3. The molecule has 0 bridgehead atoms. The summed E-state index contributed by atoms with van der Waals surface area (Å²) in [4.78, 5) is 2.58. The standard InChI is InChI=1S/C14H28N2O2/c1-17-13-8-11-4-7-16(6-3-5-15)10-12(11)9-14(13)18-2/h11-14H,3-10,15H2,1-2H3. The lowest BCUT2D eigenvalue weighted by molar-refractivity contribution is -0.1000. The molecule has 18 heavy (non-hydrogen) atoms. The van der Waals surface area contributed by atoms with E-state index in [0.717, 1.165) is 37.8 Å². The summed E-state index contributed by atoms with van der Waals surface area (Å²) in [5.41, 5.74) is 5.59. The van der Waals surface area contributed by atoms with Crippen LogP contribution in [0.4, 0.5) is 0 Å².